The fraction of sp³-hybridized carbons (Fsp3) is 0.429. The summed E-state index contributed by atoms with van der Waals surface area (Å²) < 4.78 is 0. The number of urea groups is 1. The summed E-state index contributed by atoms with van der Waals surface area (Å²) in [6.45, 7) is 4.89. The minimum atomic E-state index is -0.176. The van der Waals surface area contributed by atoms with Crippen LogP contribution in [0.1, 0.15) is 35.7 Å². The molecule has 1 aliphatic heterocycles. The molecular weight excluding hydrogens is 242 g/mol. The van der Waals surface area contributed by atoms with Crippen LogP contribution in [-0.4, -0.2) is 31.1 Å². The van der Waals surface area contributed by atoms with Gasteiger partial charge in [-0.05, 0) is 25.5 Å². The summed E-state index contributed by atoms with van der Waals surface area (Å²) in [6.07, 6.45) is 0. The van der Waals surface area contributed by atoms with E-state index in [2.05, 4.69) is 16.0 Å². The predicted molar refractivity (Wildman–Crippen MR) is 73.2 cm³/mol. The molecule has 1 aromatic rings. The van der Waals surface area contributed by atoms with Crippen molar-refractivity contribution in [3.05, 3.63) is 35.4 Å². The first-order valence-electron chi connectivity index (χ1n) is 6.49. The van der Waals surface area contributed by atoms with E-state index in [0.29, 0.717) is 18.7 Å². The summed E-state index contributed by atoms with van der Waals surface area (Å²) in [5, 5.41) is 8.46. The fourth-order valence-electron chi connectivity index (χ4n) is 2.19. The van der Waals surface area contributed by atoms with Gasteiger partial charge in [-0.3, -0.25) is 4.79 Å². The molecule has 0 radical (unpaired) electrons. The zero-order chi connectivity index (χ0) is 13.8. The van der Waals surface area contributed by atoms with Crippen molar-refractivity contribution in [3.63, 3.8) is 0 Å². The first-order chi connectivity index (χ1) is 9.08. The van der Waals surface area contributed by atoms with E-state index in [0.717, 1.165) is 5.56 Å². The van der Waals surface area contributed by atoms with E-state index in [1.54, 1.807) is 0 Å². The maximum Gasteiger partial charge on any atom is 0.315 e. The van der Waals surface area contributed by atoms with E-state index in [9.17, 15) is 9.59 Å². The van der Waals surface area contributed by atoms with Gasteiger partial charge in [0.25, 0.3) is 5.91 Å². The Morgan fingerprint density at radius 3 is 2.89 bits per heavy atom. The Hall–Kier alpha value is -2.04. The fourth-order valence-corrected chi connectivity index (χ4v) is 2.19. The molecule has 0 spiro atoms. The SMILES string of the molecule is CC(C)NC(=O)NCC1CNC(=O)c2ccccc21. The molecule has 0 aliphatic carbocycles. The summed E-state index contributed by atoms with van der Waals surface area (Å²) in [5.41, 5.74) is 1.70. The number of hydrogen-bond acceptors (Lipinski definition) is 2. The first kappa shape index (κ1) is 13.4. The number of benzene rings is 1. The molecule has 5 nitrogen and oxygen atoms in total. The highest BCUT2D eigenvalue weighted by atomic mass is 16.2. The van der Waals surface area contributed by atoms with Crippen LogP contribution >= 0.6 is 0 Å². The van der Waals surface area contributed by atoms with Gasteiger partial charge in [0.15, 0.2) is 0 Å². The smallest absolute Gasteiger partial charge is 0.315 e. The third-order valence-corrected chi connectivity index (χ3v) is 3.08. The van der Waals surface area contributed by atoms with Crippen LogP contribution in [0, 0.1) is 0 Å². The van der Waals surface area contributed by atoms with E-state index in [4.69, 9.17) is 0 Å². The van der Waals surface area contributed by atoms with Crippen LogP contribution in [0.5, 0.6) is 0 Å². The quantitative estimate of drug-likeness (QED) is 0.765. The zero-order valence-electron chi connectivity index (χ0n) is 11.2. The van der Waals surface area contributed by atoms with Gasteiger partial charge in [0.05, 0.1) is 0 Å². The number of hydrogen-bond donors (Lipinski definition) is 3. The van der Waals surface area contributed by atoms with E-state index in [-0.39, 0.29) is 23.9 Å². The zero-order valence-corrected chi connectivity index (χ0v) is 11.2. The molecule has 5 heteroatoms. The van der Waals surface area contributed by atoms with Crippen LogP contribution in [-0.2, 0) is 0 Å². The van der Waals surface area contributed by atoms with Gasteiger partial charge in [0, 0.05) is 30.6 Å². The minimum absolute atomic E-state index is 0.0431. The lowest BCUT2D eigenvalue weighted by atomic mass is 9.90. The van der Waals surface area contributed by atoms with Gasteiger partial charge >= 0.3 is 6.03 Å². The van der Waals surface area contributed by atoms with Crippen LogP contribution in [0.15, 0.2) is 24.3 Å². The van der Waals surface area contributed by atoms with Gasteiger partial charge in [0.2, 0.25) is 0 Å². The molecule has 0 saturated heterocycles. The molecular formula is C14H19N3O2. The lowest BCUT2D eigenvalue weighted by Crippen LogP contribution is -2.44. The second-order valence-corrected chi connectivity index (χ2v) is 5.00. The molecule has 1 heterocycles. The third kappa shape index (κ3) is 3.24. The number of fused-ring (bicyclic) bond motifs is 1. The van der Waals surface area contributed by atoms with Crippen molar-refractivity contribution >= 4 is 11.9 Å². The monoisotopic (exact) mass is 261 g/mol. The summed E-state index contributed by atoms with van der Waals surface area (Å²) in [6, 6.07) is 7.45. The highest BCUT2D eigenvalue weighted by Crippen LogP contribution is 2.22. The Labute approximate surface area is 112 Å². The second-order valence-electron chi connectivity index (χ2n) is 5.00. The molecule has 0 fully saturated rings. The molecule has 3 amide bonds. The summed E-state index contributed by atoms with van der Waals surface area (Å²) >= 11 is 0. The Kier molecular flexibility index (Phi) is 4.04. The number of carbonyl (C=O) groups is 2. The minimum Gasteiger partial charge on any atom is -0.351 e. The highest BCUT2D eigenvalue weighted by molar-refractivity contribution is 5.97. The molecule has 0 bridgehead atoms. The van der Waals surface area contributed by atoms with Crippen molar-refractivity contribution < 1.29 is 9.59 Å². The van der Waals surface area contributed by atoms with E-state index >= 15 is 0 Å². The van der Waals surface area contributed by atoms with Crippen molar-refractivity contribution in [2.45, 2.75) is 25.8 Å². The van der Waals surface area contributed by atoms with Gasteiger partial charge in [-0.25, -0.2) is 4.79 Å². The summed E-state index contributed by atoms with van der Waals surface area (Å²) in [4.78, 5) is 23.3. The first-order valence-corrected chi connectivity index (χ1v) is 6.49. The average Bonchev–Trinajstić information content (AvgIpc) is 2.37. The van der Waals surface area contributed by atoms with Crippen LogP contribution in [0.3, 0.4) is 0 Å². The van der Waals surface area contributed by atoms with E-state index in [1.165, 1.54) is 0 Å². The normalized spacial score (nSPS) is 17.6. The maximum absolute atomic E-state index is 11.7. The lowest BCUT2D eigenvalue weighted by Gasteiger charge is -2.26. The van der Waals surface area contributed by atoms with Crippen LogP contribution in [0.25, 0.3) is 0 Å². The third-order valence-electron chi connectivity index (χ3n) is 3.08. The maximum atomic E-state index is 11.7. The van der Waals surface area contributed by atoms with Crippen molar-refractivity contribution in [1.29, 1.82) is 0 Å². The number of nitrogens with one attached hydrogen (secondary N) is 3. The van der Waals surface area contributed by atoms with Crippen LogP contribution < -0.4 is 16.0 Å². The Balaban J connectivity index is 2.01. The molecule has 0 saturated carbocycles. The Morgan fingerprint density at radius 2 is 2.16 bits per heavy atom. The molecule has 0 aromatic heterocycles. The molecule has 1 aromatic carbocycles. The average molecular weight is 261 g/mol. The summed E-state index contributed by atoms with van der Waals surface area (Å²) in [7, 11) is 0. The van der Waals surface area contributed by atoms with Gasteiger partial charge in [-0.2, -0.15) is 0 Å². The van der Waals surface area contributed by atoms with Gasteiger partial charge in [0.1, 0.15) is 0 Å². The van der Waals surface area contributed by atoms with Gasteiger partial charge < -0.3 is 16.0 Å². The molecule has 1 atom stereocenters. The second kappa shape index (κ2) is 5.73. The standard InChI is InChI=1S/C14H19N3O2/c1-9(2)17-14(19)16-8-10-7-15-13(18)12-6-4-3-5-11(10)12/h3-6,9-10H,7-8H2,1-2H3,(H,15,18)(H2,16,17,19). The Morgan fingerprint density at radius 1 is 1.42 bits per heavy atom. The number of amides is 3. The van der Waals surface area contributed by atoms with Crippen molar-refractivity contribution in [3.8, 4) is 0 Å². The number of rotatable bonds is 3. The topological polar surface area (TPSA) is 70.2 Å². The summed E-state index contributed by atoms with van der Waals surface area (Å²) in [5.74, 6) is 0.0743. The van der Waals surface area contributed by atoms with Crippen molar-refractivity contribution in [1.82, 2.24) is 16.0 Å². The molecule has 19 heavy (non-hydrogen) atoms. The van der Waals surface area contributed by atoms with Crippen molar-refractivity contribution in [2.24, 2.45) is 0 Å². The molecule has 1 aliphatic rings. The molecule has 2 rings (SSSR count). The largest absolute Gasteiger partial charge is 0.351 e. The van der Waals surface area contributed by atoms with E-state index in [1.807, 2.05) is 38.1 Å². The predicted octanol–water partition coefficient (Wildman–Crippen LogP) is 1.22. The highest BCUT2D eigenvalue weighted by Gasteiger charge is 2.24. The molecule has 1 unspecified atom stereocenters. The lowest BCUT2D eigenvalue weighted by molar-refractivity contribution is 0.0940. The molecule has 3 N–H and O–H groups in total. The van der Waals surface area contributed by atoms with E-state index < -0.39 is 0 Å². The Bertz CT molecular complexity index is 485. The van der Waals surface area contributed by atoms with Crippen molar-refractivity contribution in [2.75, 3.05) is 13.1 Å². The molecule has 102 valence electrons. The van der Waals surface area contributed by atoms with Crippen LogP contribution in [0.4, 0.5) is 4.79 Å². The number of carbonyl (C=O) groups excluding carboxylic acids is 2. The van der Waals surface area contributed by atoms with Gasteiger partial charge in [-0.1, -0.05) is 18.2 Å². The van der Waals surface area contributed by atoms with Crippen LogP contribution in [0.2, 0.25) is 0 Å². The van der Waals surface area contributed by atoms with Gasteiger partial charge in [-0.15, -0.1) is 0 Å².